The molecule has 2 rings (SSSR count). The second-order valence-electron chi connectivity index (χ2n) is 4.62. The molecule has 8 heteroatoms. The SMILES string of the molecule is CC1CN(S(=O)(=O)c2ccc(F)c(F)c2)CC(CCl)O1. The molecule has 1 aromatic rings. The second kappa shape index (κ2) is 5.93. The molecule has 0 radical (unpaired) electrons. The Kier molecular flexibility index (Phi) is 4.63. The normalized spacial score (nSPS) is 24.8. The monoisotopic (exact) mass is 325 g/mol. The fourth-order valence-corrected chi connectivity index (χ4v) is 3.80. The Bertz CT molecular complexity index is 596. The Hall–Kier alpha value is -0.760. The van der Waals surface area contributed by atoms with Gasteiger partial charge in [0.15, 0.2) is 11.6 Å². The number of halogens is 3. The van der Waals surface area contributed by atoms with Crippen molar-refractivity contribution in [3.63, 3.8) is 0 Å². The summed E-state index contributed by atoms with van der Waals surface area (Å²) >= 11 is 5.70. The lowest BCUT2D eigenvalue weighted by Crippen LogP contribution is -2.49. The smallest absolute Gasteiger partial charge is 0.243 e. The lowest BCUT2D eigenvalue weighted by Gasteiger charge is -2.35. The average Bonchev–Trinajstić information content (AvgIpc) is 2.41. The summed E-state index contributed by atoms with van der Waals surface area (Å²) in [6.07, 6.45) is -0.729. The molecule has 112 valence electrons. The van der Waals surface area contributed by atoms with E-state index in [4.69, 9.17) is 16.3 Å². The van der Waals surface area contributed by atoms with Gasteiger partial charge in [-0.05, 0) is 25.1 Å². The molecule has 0 bridgehead atoms. The van der Waals surface area contributed by atoms with Gasteiger partial charge in [0.05, 0.1) is 17.1 Å². The highest BCUT2D eigenvalue weighted by atomic mass is 35.5. The molecule has 0 amide bonds. The average molecular weight is 326 g/mol. The predicted octanol–water partition coefficient (Wildman–Crippen LogP) is 1.98. The number of sulfonamides is 1. The van der Waals surface area contributed by atoms with Crippen molar-refractivity contribution in [2.75, 3.05) is 19.0 Å². The van der Waals surface area contributed by atoms with Crippen LogP contribution in [0.2, 0.25) is 0 Å². The lowest BCUT2D eigenvalue weighted by atomic mass is 10.3. The predicted molar refractivity (Wildman–Crippen MR) is 70.2 cm³/mol. The molecule has 4 nitrogen and oxygen atoms in total. The molecule has 0 aliphatic carbocycles. The fraction of sp³-hybridized carbons (Fsp3) is 0.500. The Morgan fingerprint density at radius 1 is 1.35 bits per heavy atom. The minimum Gasteiger partial charge on any atom is -0.371 e. The van der Waals surface area contributed by atoms with Crippen molar-refractivity contribution in [2.45, 2.75) is 24.0 Å². The van der Waals surface area contributed by atoms with E-state index in [-0.39, 0.29) is 30.0 Å². The summed E-state index contributed by atoms with van der Waals surface area (Å²) in [5, 5.41) is 0. The Morgan fingerprint density at radius 3 is 2.65 bits per heavy atom. The molecule has 1 heterocycles. The van der Waals surface area contributed by atoms with Crippen LogP contribution in [0.4, 0.5) is 8.78 Å². The maximum atomic E-state index is 13.2. The van der Waals surface area contributed by atoms with Crippen LogP contribution in [0.5, 0.6) is 0 Å². The number of alkyl halides is 1. The molecule has 20 heavy (non-hydrogen) atoms. The summed E-state index contributed by atoms with van der Waals surface area (Å²) in [5.41, 5.74) is 0. The van der Waals surface area contributed by atoms with E-state index in [0.717, 1.165) is 12.1 Å². The molecule has 0 saturated carbocycles. The number of benzene rings is 1. The van der Waals surface area contributed by atoms with Gasteiger partial charge in [0.1, 0.15) is 0 Å². The minimum atomic E-state index is -3.89. The molecule has 0 spiro atoms. The molecular weight excluding hydrogens is 312 g/mol. The van der Waals surface area contributed by atoms with Gasteiger partial charge in [-0.25, -0.2) is 17.2 Å². The van der Waals surface area contributed by atoms with Gasteiger partial charge in [0, 0.05) is 19.0 Å². The van der Waals surface area contributed by atoms with Crippen LogP contribution in [-0.4, -0.2) is 43.9 Å². The quantitative estimate of drug-likeness (QED) is 0.798. The summed E-state index contributed by atoms with van der Waals surface area (Å²) in [5.74, 6) is -2.12. The van der Waals surface area contributed by atoms with Crippen LogP contribution < -0.4 is 0 Å². The number of ether oxygens (including phenoxy) is 1. The van der Waals surface area contributed by atoms with Gasteiger partial charge in [-0.15, -0.1) is 11.6 Å². The first-order chi connectivity index (χ1) is 9.34. The van der Waals surface area contributed by atoms with Gasteiger partial charge in [-0.3, -0.25) is 0 Å². The van der Waals surface area contributed by atoms with Gasteiger partial charge in [0.25, 0.3) is 0 Å². The highest BCUT2D eigenvalue weighted by Crippen LogP contribution is 2.22. The van der Waals surface area contributed by atoms with E-state index < -0.39 is 27.8 Å². The Balaban J connectivity index is 2.31. The first-order valence-corrected chi connectivity index (χ1v) is 7.98. The van der Waals surface area contributed by atoms with Crippen LogP contribution in [0.15, 0.2) is 23.1 Å². The van der Waals surface area contributed by atoms with E-state index in [9.17, 15) is 17.2 Å². The van der Waals surface area contributed by atoms with Gasteiger partial charge in [-0.1, -0.05) is 0 Å². The fourth-order valence-electron chi connectivity index (χ4n) is 2.07. The van der Waals surface area contributed by atoms with Crippen LogP contribution in [0.3, 0.4) is 0 Å². The molecular formula is C12H14ClF2NO3S. The highest BCUT2D eigenvalue weighted by molar-refractivity contribution is 7.89. The summed E-state index contributed by atoms with van der Waals surface area (Å²) in [6, 6.07) is 2.52. The van der Waals surface area contributed by atoms with Crippen molar-refractivity contribution in [1.82, 2.24) is 4.31 Å². The van der Waals surface area contributed by atoms with Gasteiger partial charge in [-0.2, -0.15) is 4.31 Å². The van der Waals surface area contributed by atoms with Crippen LogP contribution in [0.1, 0.15) is 6.92 Å². The zero-order valence-electron chi connectivity index (χ0n) is 10.7. The summed E-state index contributed by atoms with van der Waals surface area (Å²) in [7, 11) is -3.89. The molecule has 0 aromatic heterocycles. The lowest BCUT2D eigenvalue weighted by molar-refractivity contribution is -0.0423. The molecule has 2 unspecified atom stereocenters. The van der Waals surface area contributed by atoms with Gasteiger partial charge >= 0.3 is 0 Å². The van der Waals surface area contributed by atoms with Crippen LogP contribution in [0, 0.1) is 11.6 Å². The molecule has 2 atom stereocenters. The third kappa shape index (κ3) is 3.11. The van der Waals surface area contributed by atoms with E-state index in [2.05, 4.69) is 0 Å². The zero-order valence-corrected chi connectivity index (χ0v) is 12.3. The van der Waals surface area contributed by atoms with Crippen molar-refractivity contribution in [3.05, 3.63) is 29.8 Å². The Labute approximate surface area is 121 Å². The van der Waals surface area contributed by atoms with Gasteiger partial charge in [0.2, 0.25) is 10.0 Å². The highest BCUT2D eigenvalue weighted by Gasteiger charge is 2.33. The van der Waals surface area contributed by atoms with Crippen LogP contribution >= 0.6 is 11.6 Å². The van der Waals surface area contributed by atoms with E-state index in [0.29, 0.717) is 6.07 Å². The third-order valence-corrected chi connectivity index (χ3v) is 5.17. The van der Waals surface area contributed by atoms with Crippen molar-refractivity contribution >= 4 is 21.6 Å². The first-order valence-electron chi connectivity index (χ1n) is 6.01. The molecule has 1 saturated heterocycles. The van der Waals surface area contributed by atoms with Crippen molar-refractivity contribution in [1.29, 1.82) is 0 Å². The topological polar surface area (TPSA) is 46.6 Å². The van der Waals surface area contributed by atoms with Crippen molar-refractivity contribution < 1.29 is 21.9 Å². The Morgan fingerprint density at radius 2 is 2.05 bits per heavy atom. The van der Waals surface area contributed by atoms with E-state index in [1.807, 2.05) is 0 Å². The maximum Gasteiger partial charge on any atom is 0.243 e. The molecule has 1 aliphatic heterocycles. The first kappa shape index (κ1) is 15.6. The summed E-state index contributed by atoms with van der Waals surface area (Å²) < 4.78 is 57.5. The number of hydrogen-bond donors (Lipinski definition) is 0. The third-order valence-electron chi connectivity index (χ3n) is 2.99. The molecule has 0 N–H and O–H groups in total. The van der Waals surface area contributed by atoms with E-state index in [1.165, 1.54) is 4.31 Å². The largest absolute Gasteiger partial charge is 0.371 e. The van der Waals surface area contributed by atoms with E-state index in [1.54, 1.807) is 6.92 Å². The minimum absolute atomic E-state index is 0.0924. The summed E-state index contributed by atoms with van der Waals surface area (Å²) in [4.78, 5) is -0.279. The van der Waals surface area contributed by atoms with E-state index >= 15 is 0 Å². The van der Waals surface area contributed by atoms with Crippen LogP contribution in [-0.2, 0) is 14.8 Å². The number of nitrogens with zero attached hydrogens (tertiary/aromatic N) is 1. The number of hydrogen-bond acceptors (Lipinski definition) is 3. The maximum absolute atomic E-state index is 13.2. The van der Waals surface area contributed by atoms with Gasteiger partial charge < -0.3 is 4.74 Å². The molecule has 1 aromatic carbocycles. The van der Waals surface area contributed by atoms with Crippen molar-refractivity contribution in [3.8, 4) is 0 Å². The molecule has 1 aliphatic rings. The van der Waals surface area contributed by atoms with Crippen molar-refractivity contribution in [2.24, 2.45) is 0 Å². The number of rotatable bonds is 3. The standard InChI is InChI=1S/C12H14ClF2NO3S/c1-8-6-16(7-9(5-13)19-8)20(17,18)10-2-3-11(14)12(15)4-10/h2-4,8-9H,5-7H2,1H3. The summed E-state index contributed by atoms with van der Waals surface area (Å²) in [6.45, 7) is 1.97. The second-order valence-corrected chi connectivity index (χ2v) is 6.87. The van der Waals surface area contributed by atoms with Crippen LogP contribution in [0.25, 0.3) is 0 Å². The molecule has 1 fully saturated rings. The number of morpholine rings is 1. The zero-order chi connectivity index (χ0) is 14.9.